The van der Waals surface area contributed by atoms with Crippen LogP contribution in [0.4, 0.5) is 0 Å². The maximum absolute atomic E-state index is 12.3. The van der Waals surface area contributed by atoms with E-state index in [0.717, 1.165) is 6.42 Å². The van der Waals surface area contributed by atoms with Gasteiger partial charge in [-0.2, -0.15) is 5.10 Å². The van der Waals surface area contributed by atoms with Crippen LogP contribution in [0, 0.1) is 6.92 Å². The minimum Gasteiger partial charge on any atom is -0.448 e. The molecule has 138 valence electrons. The molecule has 1 heterocycles. The average molecular weight is 378 g/mol. The highest BCUT2D eigenvalue weighted by molar-refractivity contribution is 6.30. The first kappa shape index (κ1) is 19.7. The molecule has 0 aliphatic heterocycles. The first-order valence-electron chi connectivity index (χ1n) is 8.19. The van der Waals surface area contributed by atoms with Crippen molar-refractivity contribution in [3.8, 4) is 5.69 Å². The Kier molecular flexibility index (Phi) is 6.52. The lowest BCUT2D eigenvalue weighted by atomic mass is 10.3. The quantitative estimate of drug-likeness (QED) is 0.780. The number of hydrogen-bond donors (Lipinski definition) is 1. The van der Waals surface area contributed by atoms with E-state index in [4.69, 9.17) is 16.3 Å². The summed E-state index contributed by atoms with van der Waals surface area (Å²) in [5.41, 5.74) is 0.219. The minimum atomic E-state index is -1.03. The molecule has 0 radical (unpaired) electrons. The zero-order valence-electron chi connectivity index (χ0n) is 14.8. The van der Waals surface area contributed by atoms with Crippen LogP contribution in [0.15, 0.2) is 35.1 Å². The number of esters is 1. The van der Waals surface area contributed by atoms with Gasteiger partial charge in [0.1, 0.15) is 0 Å². The van der Waals surface area contributed by atoms with Gasteiger partial charge >= 0.3 is 5.97 Å². The normalized spacial score (nSPS) is 11.7. The third-order valence-corrected chi connectivity index (χ3v) is 3.83. The van der Waals surface area contributed by atoms with Crippen molar-refractivity contribution in [3.63, 3.8) is 0 Å². The summed E-state index contributed by atoms with van der Waals surface area (Å²) in [6.07, 6.45) is -0.266. The fourth-order valence-electron chi connectivity index (χ4n) is 2.19. The van der Waals surface area contributed by atoms with Crippen LogP contribution in [0.25, 0.3) is 5.69 Å². The van der Waals surface area contributed by atoms with Crippen LogP contribution in [-0.2, 0) is 9.53 Å². The van der Waals surface area contributed by atoms with Gasteiger partial charge in [-0.25, -0.2) is 9.48 Å². The molecule has 0 aliphatic rings. The molecule has 1 aromatic heterocycles. The predicted octanol–water partition coefficient (Wildman–Crippen LogP) is 2.27. The highest BCUT2D eigenvalue weighted by Gasteiger charge is 2.22. The maximum Gasteiger partial charge on any atom is 0.363 e. The summed E-state index contributed by atoms with van der Waals surface area (Å²) in [5.74, 6) is -1.37. The van der Waals surface area contributed by atoms with Gasteiger partial charge in [-0.05, 0) is 44.5 Å². The van der Waals surface area contributed by atoms with Crippen molar-refractivity contribution in [1.82, 2.24) is 15.1 Å². The topological polar surface area (TPSA) is 90.3 Å². The molecule has 1 aromatic carbocycles. The third-order valence-electron chi connectivity index (χ3n) is 3.57. The highest BCUT2D eigenvalue weighted by Crippen LogP contribution is 2.14. The molecule has 2 aromatic rings. The van der Waals surface area contributed by atoms with Crippen molar-refractivity contribution in [2.45, 2.75) is 33.3 Å². The van der Waals surface area contributed by atoms with Gasteiger partial charge in [-0.3, -0.25) is 9.59 Å². The second-order valence-electron chi connectivity index (χ2n) is 5.73. The SMILES string of the molecule is CCCNC(=O)[C@@H](C)OC(=O)c1nn(-c2ccc(Cl)cc2)c(C)cc1=O. The van der Waals surface area contributed by atoms with Crippen molar-refractivity contribution in [3.05, 3.63) is 57.0 Å². The second kappa shape index (κ2) is 8.62. The van der Waals surface area contributed by atoms with Crippen molar-refractivity contribution >= 4 is 23.5 Å². The van der Waals surface area contributed by atoms with Crippen molar-refractivity contribution in [2.24, 2.45) is 0 Å². The van der Waals surface area contributed by atoms with E-state index in [-0.39, 0.29) is 5.69 Å². The zero-order valence-corrected chi connectivity index (χ0v) is 15.5. The number of rotatable bonds is 6. The number of aromatic nitrogens is 2. The molecule has 0 spiro atoms. The molecule has 26 heavy (non-hydrogen) atoms. The van der Waals surface area contributed by atoms with Crippen LogP contribution in [0.5, 0.6) is 0 Å². The molecule has 0 saturated heterocycles. The number of carbonyl (C=O) groups excluding carboxylic acids is 2. The van der Waals surface area contributed by atoms with Crippen LogP contribution >= 0.6 is 11.6 Å². The van der Waals surface area contributed by atoms with E-state index in [0.29, 0.717) is 22.9 Å². The lowest BCUT2D eigenvalue weighted by Gasteiger charge is -2.14. The van der Waals surface area contributed by atoms with Gasteiger partial charge < -0.3 is 10.1 Å². The van der Waals surface area contributed by atoms with E-state index in [1.54, 1.807) is 31.2 Å². The monoisotopic (exact) mass is 377 g/mol. The molecule has 8 heteroatoms. The average Bonchev–Trinajstić information content (AvgIpc) is 2.60. The summed E-state index contributed by atoms with van der Waals surface area (Å²) in [6.45, 7) is 5.52. The summed E-state index contributed by atoms with van der Waals surface area (Å²) in [7, 11) is 0. The Morgan fingerprint density at radius 1 is 1.31 bits per heavy atom. The van der Waals surface area contributed by atoms with E-state index < -0.39 is 23.4 Å². The minimum absolute atomic E-state index is 0.388. The zero-order chi connectivity index (χ0) is 19.3. The molecule has 0 bridgehead atoms. The molecule has 1 amide bonds. The fraction of sp³-hybridized carbons (Fsp3) is 0.333. The Bertz CT molecular complexity index is 862. The Balaban J connectivity index is 2.27. The maximum atomic E-state index is 12.3. The standard InChI is InChI=1S/C18H20ClN3O4/c1-4-9-20-17(24)12(3)26-18(25)16-15(23)10-11(2)22(21-16)14-7-5-13(19)6-8-14/h5-8,10,12H,4,9H2,1-3H3,(H,20,24)/t12-/m1/s1. The molecular weight excluding hydrogens is 358 g/mol. The summed E-state index contributed by atoms with van der Waals surface area (Å²) in [6, 6.07) is 8.06. The molecule has 1 N–H and O–H groups in total. The van der Waals surface area contributed by atoms with Gasteiger partial charge in [0.05, 0.1) is 5.69 Å². The van der Waals surface area contributed by atoms with Gasteiger partial charge in [-0.1, -0.05) is 18.5 Å². The van der Waals surface area contributed by atoms with Crippen LogP contribution in [0.1, 0.15) is 36.5 Å². The van der Waals surface area contributed by atoms with Gasteiger partial charge in [-0.15, -0.1) is 0 Å². The number of nitrogens with zero attached hydrogens (tertiary/aromatic N) is 2. The van der Waals surface area contributed by atoms with Gasteiger partial charge in [0, 0.05) is 23.3 Å². The number of halogens is 1. The summed E-state index contributed by atoms with van der Waals surface area (Å²) < 4.78 is 6.52. The van der Waals surface area contributed by atoms with Gasteiger partial charge in [0.2, 0.25) is 11.1 Å². The van der Waals surface area contributed by atoms with E-state index in [9.17, 15) is 14.4 Å². The van der Waals surface area contributed by atoms with Crippen molar-refractivity contribution in [1.29, 1.82) is 0 Å². The Morgan fingerprint density at radius 3 is 2.58 bits per heavy atom. The Labute approximate surface area is 155 Å². The molecular formula is C18H20ClN3O4. The number of hydrogen-bond acceptors (Lipinski definition) is 5. The Hall–Kier alpha value is -2.67. The Morgan fingerprint density at radius 2 is 1.96 bits per heavy atom. The first-order valence-corrected chi connectivity index (χ1v) is 8.57. The van der Waals surface area contributed by atoms with Gasteiger partial charge in [0.15, 0.2) is 6.10 Å². The molecule has 7 nitrogen and oxygen atoms in total. The van der Waals surface area contributed by atoms with Gasteiger partial charge in [0.25, 0.3) is 5.91 Å². The number of aryl methyl sites for hydroxylation is 1. The second-order valence-corrected chi connectivity index (χ2v) is 6.16. The summed E-state index contributed by atoms with van der Waals surface area (Å²) in [5, 5.41) is 7.28. The van der Waals surface area contributed by atoms with E-state index in [1.807, 2.05) is 6.92 Å². The fourth-order valence-corrected chi connectivity index (χ4v) is 2.32. The molecule has 0 saturated carbocycles. The largest absolute Gasteiger partial charge is 0.448 e. The number of nitrogens with one attached hydrogen (secondary N) is 1. The summed E-state index contributed by atoms with van der Waals surface area (Å²) >= 11 is 5.88. The smallest absolute Gasteiger partial charge is 0.363 e. The van der Waals surface area contributed by atoms with E-state index in [2.05, 4.69) is 10.4 Å². The lowest BCUT2D eigenvalue weighted by molar-refractivity contribution is -0.129. The van der Waals surface area contributed by atoms with Crippen molar-refractivity contribution < 1.29 is 14.3 Å². The molecule has 0 fully saturated rings. The van der Waals surface area contributed by atoms with Crippen LogP contribution in [0.3, 0.4) is 0 Å². The summed E-state index contributed by atoms with van der Waals surface area (Å²) in [4.78, 5) is 36.3. The van der Waals surface area contributed by atoms with Crippen LogP contribution in [-0.4, -0.2) is 34.3 Å². The number of carbonyl (C=O) groups is 2. The number of amides is 1. The van der Waals surface area contributed by atoms with E-state index >= 15 is 0 Å². The molecule has 1 atom stereocenters. The van der Waals surface area contributed by atoms with E-state index in [1.165, 1.54) is 17.7 Å². The highest BCUT2D eigenvalue weighted by atomic mass is 35.5. The van der Waals surface area contributed by atoms with Crippen molar-refractivity contribution in [2.75, 3.05) is 6.54 Å². The number of benzene rings is 1. The lowest BCUT2D eigenvalue weighted by Crippen LogP contribution is -2.37. The predicted molar refractivity (Wildman–Crippen MR) is 97.8 cm³/mol. The molecule has 2 rings (SSSR count). The van der Waals surface area contributed by atoms with Crippen LogP contribution in [0.2, 0.25) is 5.02 Å². The molecule has 0 unspecified atom stereocenters. The first-order chi connectivity index (χ1) is 12.3. The third kappa shape index (κ3) is 4.70. The molecule has 0 aliphatic carbocycles. The number of ether oxygens (including phenoxy) is 1. The van der Waals surface area contributed by atoms with Crippen LogP contribution < -0.4 is 10.7 Å².